The quantitative estimate of drug-likeness (QED) is 0.739. The van der Waals surface area contributed by atoms with Crippen molar-refractivity contribution in [1.29, 1.82) is 0 Å². The largest absolute Gasteiger partial charge is 0.380 e. The van der Waals surface area contributed by atoms with Gasteiger partial charge in [-0.1, -0.05) is 24.3 Å². The Morgan fingerprint density at radius 3 is 2.86 bits per heavy atom. The van der Waals surface area contributed by atoms with E-state index >= 15 is 0 Å². The molecule has 1 heterocycles. The number of fused-ring (bicyclic) bond motifs is 1. The lowest BCUT2D eigenvalue weighted by Gasteiger charge is -2.10. The molecule has 3 nitrogen and oxygen atoms in total. The van der Waals surface area contributed by atoms with Gasteiger partial charge in [0.1, 0.15) is 5.82 Å². The zero-order valence-electron chi connectivity index (χ0n) is 11.2. The predicted octanol–water partition coefficient (Wildman–Crippen LogP) is 3.80. The normalized spacial score (nSPS) is 10.5. The zero-order chi connectivity index (χ0) is 14.7. The fraction of sp³-hybridized carbons (Fsp3) is 0.0588. The summed E-state index contributed by atoms with van der Waals surface area (Å²) in [6, 6.07) is 13.8. The fourth-order valence-corrected chi connectivity index (χ4v) is 2.28. The van der Waals surface area contributed by atoms with Crippen LogP contribution < -0.4 is 5.32 Å². The number of para-hydroxylation sites is 1. The van der Waals surface area contributed by atoms with E-state index in [1.165, 1.54) is 18.2 Å². The van der Waals surface area contributed by atoms with Crippen molar-refractivity contribution in [2.75, 3.05) is 5.32 Å². The predicted molar refractivity (Wildman–Crippen MR) is 80.9 cm³/mol. The third-order valence-electron chi connectivity index (χ3n) is 3.33. The van der Waals surface area contributed by atoms with Crippen LogP contribution in [0.3, 0.4) is 0 Å². The molecule has 1 aromatic heterocycles. The van der Waals surface area contributed by atoms with Crippen LogP contribution in [0.1, 0.15) is 15.9 Å². The van der Waals surface area contributed by atoms with Gasteiger partial charge in [-0.15, -0.1) is 0 Å². The molecule has 0 fully saturated rings. The number of benzene rings is 2. The number of hydrogen-bond donors (Lipinski definition) is 1. The van der Waals surface area contributed by atoms with E-state index in [4.69, 9.17) is 0 Å². The first-order valence-electron chi connectivity index (χ1n) is 6.59. The molecule has 0 saturated heterocycles. The molecule has 0 unspecified atom stereocenters. The molecule has 0 saturated carbocycles. The first-order chi connectivity index (χ1) is 10.3. The molecule has 3 rings (SSSR count). The Morgan fingerprint density at radius 1 is 1.14 bits per heavy atom. The molecule has 0 aliphatic carbocycles. The van der Waals surface area contributed by atoms with E-state index in [0.717, 1.165) is 16.5 Å². The van der Waals surface area contributed by atoms with Crippen LogP contribution in [-0.2, 0) is 6.54 Å². The van der Waals surface area contributed by atoms with E-state index in [1.54, 1.807) is 6.20 Å². The number of nitrogens with zero attached hydrogens (tertiary/aromatic N) is 1. The standard InChI is InChI=1S/C17H13FN2O/c18-15-7-6-14(11-21)16(9-15)20-10-13-4-1-3-12-5-2-8-19-17(12)13/h1-9,11,20H,10H2. The van der Waals surface area contributed by atoms with Gasteiger partial charge >= 0.3 is 0 Å². The second-order valence-corrected chi connectivity index (χ2v) is 4.70. The zero-order valence-corrected chi connectivity index (χ0v) is 11.2. The van der Waals surface area contributed by atoms with Gasteiger partial charge < -0.3 is 5.32 Å². The number of hydrogen-bond acceptors (Lipinski definition) is 3. The minimum absolute atomic E-state index is 0.376. The van der Waals surface area contributed by atoms with E-state index in [9.17, 15) is 9.18 Å². The Labute approximate surface area is 121 Å². The smallest absolute Gasteiger partial charge is 0.152 e. The summed E-state index contributed by atoms with van der Waals surface area (Å²) in [5, 5.41) is 4.15. The lowest BCUT2D eigenvalue weighted by Crippen LogP contribution is -2.03. The highest BCUT2D eigenvalue weighted by Crippen LogP contribution is 2.20. The molecule has 0 amide bonds. The van der Waals surface area contributed by atoms with Crippen molar-refractivity contribution in [3.63, 3.8) is 0 Å². The maximum absolute atomic E-state index is 13.3. The topological polar surface area (TPSA) is 42.0 Å². The summed E-state index contributed by atoms with van der Waals surface area (Å²) in [4.78, 5) is 15.4. The van der Waals surface area contributed by atoms with E-state index < -0.39 is 0 Å². The minimum Gasteiger partial charge on any atom is -0.380 e. The first-order valence-corrected chi connectivity index (χ1v) is 6.59. The van der Waals surface area contributed by atoms with Crippen LogP contribution >= 0.6 is 0 Å². The molecule has 21 heavy (non-hydrogen) atoms. The Bertz CT molecular complexity index is 796. The number of carbonyl (C=O) groups excluding carboxylic acids is 1. The lowest BCUT2D eigenvalue weighted by molar-refractivity contribution is 0.112. The number of rotatable bonds is 4. The molecule has 0 aliphatic heterocycles. The molecule has 0 radical (unpaired) electrons. The van der Waals surface area contributed by atoms with Crippen LogP contribution in [0.5, 0.6) is 0 Å². The molecule has 0 spiro atoms. The van der Waals surface area contributed by atoms with Gasteiger partial charge in [-0.2, -0.15) is 0 Å². The van der Waals surface area contributed by atoms with E-state index in [0.29, 0.717) is 24.1 Å². The fourth-order valence-electron chi connectivity index (χ4n) is 2.28. The van der Waals surface area contributed by atoms with Crippen molar-refractivity contribution in [3.8, 4) is 0 Å². The van der Waals surface area contributed by atoms with Crippen molar-refractivity contribution in [2.24, 2.45) is 0 Å². The summed E-state index contributed by atoms with van der Waals surface area (Å²) >= 11 is 0. The van der Waals surface area contributed by atoms with E-state index in [-0.39, 0.29) is 5.82 Å². The second kappa shape index (κ2) is 5.71. The van der Waals surface area contributed by atoms with Crippen LogP contribution in [0.4, 0.5) is 10.1 Å². The van der Waals surface area contributed by atoms with Gasteiger partial charge in [-0.3, -0.25) is 9.78 Å². The summed E-state index contributed by atoms with van der Waals surface area (Å²) in [5.41, 5.74) is 2.81. The highest BCUT2D eigenvalue weighted by Gasteiger charge is 2.05. The Balaban J connectivity index is 1.90. The first kappa shape index (κ1) is 13.2. The van der Waals surface area contributed by atoms with Crippen molar-refractivity contribution < 1.29 is 9.18 Å². The van der Waals surface area contributed by atoms with Gasteiger partial charge in [0.25, 0.3) is 0 Å². The van der Waals surface area contributed by atoms with Gasteiger partial charge in [0.15, 0.2) is 6.29 Å². The Kier molecular flexibility index (Phi) is 3.60. The molecule has 4 heteroatoms. The molecule has 0 atom stereocenters. The number of aromatic nitrogens is 1. The average Bonchev–Trinajstić information content (AvgIpc) is 2.53. The number of anilines is 1. The van der Waals surface area contributed by atoms with Crippen molar-refractivity contribution in [3.05, 3.63) is 71.7 Å². The molecule has 104 valence electrons. The van der Waals surface area contributed by atoms with Gasteiger partial charge in [-0.25, -0.2) is 4.39 Å². The molecular formula is C17H13FN2O. The highest BCUT2D eigenvalue weighted by molar-refractivity contribution is 5.85. The second-order valence-electron chi connectivity index (χ2n) is 4.70. The molecule has 0 bridgehead atoms. The molecule has 2 aromatic carbocycles. The van der Waals surface area contributed by atoms with Gasteiger partial charge in [-0.05, 0) is 29.8 Å². The van der Waals surface area contributed by atoms with E-state index in [2.05, 4.69) is 10.3 Å². The molecular weight excluding hydrogens is 267 g/mol. The number of carbonyl (C=O) groups is 1. The monoisotopic (exact) mass is 280 g/mol. The summed E-state index contributed by atoms with van der Waals surface area (Å²) in [6.45, 7) is 0.471. The van der Waals surface area contributed by atoms with Crippen molar-refractivity contribution >= 4 is 22.9 Å². The number of nitrogens with one attached hydrogen (secondary N) is 1. The molecule has 1 N–H and O–H groups in total. The number of halogens is 1. The van der Waals surface area contributed by atoms with Crippen LogP contribution in [0.15, 0.2) is 54.7 Å². The summed E-state index contributed by atoms with van der Waals surface area (Å²) in [6.07, 6.45) is 2.45. The Hall–Kier alpha value is -2.75. The van der Waals surface area contributed by atoms with Crippen LogP contribution in [0, 0.1) is 5.82 Å². The van der Waals surface area contributed by atoms with Gasteiger partial charge in [0, 0.05) is 29.4 Å². The maximum atomic E-state index is 13.3. The maximum Gasteiger partial charge on any atom is 0.152 e. The molecule has 0 aliphatic rings. The average molecular weight is 280 g/mol. The number of pyridine rings is 1. The van der Waals surface area contributed by atoms with Crippen molar-refractivity contribution in [1.82, 2.24) is 4.98 Å². The number of aldehydes is 1. The summed E-state index contributed by atoms with van der Waals surface area (Å²) in [7, 11) is 0. The summed E-state index contributed by atoms with van der Waals surface area (Å²) < 4.78 is 13.3. The lowest BCUT2D eigenvalue weighted by atomic mass is 10.1. The summed E-state index contributed by atoms with van der Waals surface area (Å²) in [5.74, 6) is -0.376. The highest BCUT2D eigenvalue weighted by atomic mass is 19.1. The minimum atomic E-state index is -0.376. The SMILES string of the molecule is O=Cc1ccc(F)cc1NCc1cccc2cccnc12. The van der Waals surface area contributed by atoms with Crippen LogP contribution in [0.25, 0.3) is 10.9 Å². The van der Waals surface area contributed by atoms with Gasteiger partial charge in [0.05, 0.1) is 5.52 Å². The van der Waals surface area contributed by atoms with Crippen molar-refractivity contribution in [2.45, 2.75) is 6.54 Å². The third kappa shape index (κ3) is 2.74. The molecule has 3 aromatic rings. The third-order valence-corrected chi connectivity index (χ3v) is 3.33. The van der Waals surface area contributed by atoms with Crippen LogP contribution in [0.2, 0.25) is 0 Å². The van der Waals surface area contributed by atoms with Gasteiger partial charge in [0.2, 0.25) is 0 Å². The Morgan fingerprint density at radius 2 is 2.00 bits per heavy atom. The van der Waals surface area contributed by atoms with Crippen LogP contribution in [-0.4, -0.2) is 11.3 Å². The van der Waals surface area contributed by atoms with E-state index in [1.807, 2.05) is 30.3 Å².